The third-order valence-corrected chi connectivity index (χ3v) is 1.97. The Balaban J connectivity index is 2.87. The lowest BCUT2D eigenvalue weighted by atomic mass is 10.5. The van der Waals surface area contributed by atoms with Crippen molar-refractivity contribution >= 4 is 27.4 Å². The van der Waals surface area contributed by atoms with Crippen LogP contribution in [0.25, 0.3) is 5.52 Å². The first-order chi connectivity index (χ1) is 5.27. The number of rotatable bonds is 0. The zero-order valence-electron chi connectivity index (χ0n) is 5.53. The Morgan fingerprint density at radius 3 is 3.09 bits per heavy atom. The molecule has 0 aromatic carbocycles. The maximum atomic E-state index is 5.39. The molecular formula is C6H5BrN4. The highest BCUT2D eigenvalue weighted by Crippen LogP contribution is 2.13. The average Bonchev–Trinajstić information content (AvgIpc) is 2.33. The average molecular weight is 213 g/mol. The van der Waals surface area contributed by atoms with Crippen molar-refractivity contribution in [2.45, 2.75) is 0 Å². The van der Waals surface area contributed by atoms with Crippen LogP contribution in [-0.2, 0) is 0 Å². The molecule has 0 atom stereocenters. The van der Waals surface area contributed by atoms with Crippen LogP contribution in [-0.4, -0.2) is 14.6 Å². The fourth-order valence-corrected chi connectivity index (χ4v) is 1.30. The predicted octanol–water partition coefficient (Wildman–Crippen LogP) is 1.07. The van der Waals surface area contributed by atoms with E-state index in [1.54, 1.807) is 10.7 Å². The molecule has 2 rings (SSSR count). The zero-order valence-corrected chi connectivity index (χ0v) is 7.12. The molecule has 0 spiro atoms. The fourth-order valence-electron chi connectivity index (χ4n) is 0.882. The molecular weight excluding hydrogens is 208 g/mol. The largest absolute Gasteiger partial charge is 0.367 e. The number of aromatic nitrogens is 3. The van der Waals surface area contributed by atoms with Crippen LogP contribution >= 0.6 is 15.9 Å². The van der Waals surface area contributed by atoms with Gasteiger partial charge in [0.05, 0.1) is 11.7 Å². The lowest BCUT2D eigenvalue weighted by molar-refractivity contribution is 0.899. The van der Waals surface area contributed by atoms with Crippen LogP contribution < -0.4 is 5.73 Å². The molecule has 2 heterocycles. The van der Waals surface area contributed by atoms with E-state index in [1.807, 2.05) is 12.1 Å². The molecule has 0 bridgehead atoms. The van der Waals surface area contributed by atoms with Gasteiger partial charge in [0, 0.05) is 0 Å². The molecule has 0 aliphatic carbocycles. The zero-order chi connectivity index (χ0) is 7.84. The SMILES string of the molecule is Nc1ncc2ccc(Br)n2n1. The van der Waals surface area contributed by atoms with E-state index in [0.717, 1.165) is 10.1 Å². The molecule has 0 radical (unpaired) electrons. The quantitative estimate of drug-likeness (QED) is 0.712. The summed E-state index contributed by atoms with van der Waals surface area (Å²) in [6, 6.07) is 3.80. The number of halogens is 1. The number of hydrogen-bond donors (Lipinski definition) is 1. The van der Waals surface area contributed by atoms with Crippen LogP contribution in [0.2, 0.25) is 0 Å². The lowest BCUT2D eigenvalue weighted by Gasteiger charge is -1.94. The fraction of sp³-hybridized carbons (Fsp3) is 0. The summed E-state index contributed by atoms with van der Waals surface area (Å²) in [4.78, 5) is 3.85. The van der Waals surface area contributed by atoms with Crippen LogP contribution in [0, 0.1) is 0 Å². The maximum Gasteiger partial charge on any atom is 0.238 e. The lowest BCUT2D eigenvalue weighted by Crippen LogP contribution is -1.99. The summed E-state index contributed by atoms with van der Waals surface area (Å²) in [6.07, 6.45) is 1.67. The van der Waals surface area contributed by atoms with E-state index in [2.05, 4.69) is 26.0 Å². The number of hydrogen-bond acceptors (Lipinski definition) is 3. The summed E-state index contributed by atoms with van der Waals surface area (Å²) in [5.41, 5.74) is 6.31. The first-order valence-corrected chi connectivity index (χ1v) is 3.82. The number of nitrogen functional groups attached to an aromatic ring is 1. The third-order valence-electron chi connectivity index (χ3n) is 1.37. The van der Waals surface area contributed by atoms with E-state index < -0.39 is 0 Å². The normalized spacial score (nSPS) is 10.6. The highest BCUT2D eigenvalue weighted by molar-refractivity contribution is 9.10. The van der Waals surface area contributed by atoms with Crippen LogP contribution in [0.15, 0.2) is 22.9 Å². The minimum atomic E-state index is 0.273. The van der Waals surface area contributed by atoms with E-state index in [9.17, 15) is 0 Å². The van der Waals surface area contributed by atoms with Crippen molar-refractivity contribution in [3.63, 3.8) is 0 Å². The van der Waals surface area contributed by atoms with Gasteiger partial charge >= 0.3 is 0 Å². The Morgan fingerprint density at radius 1 is 1.45 bits per heavy atom. The number of anilines is 1. The van der Waals surface area contributed by atoms with Crippen molar-refractivity contribution in [2.24, 2.45) is 0 Å². The topological polar surface area (TPSA) is 56.2 Å². The summed E-state index contributed by atoms with van der Waals surface area (Å²) in [7, 11) is 0. The van der Waals surface area contributed by atoms with E-state index in [-0.39, 0.29) is 5.95 Å². The molecule has 11 heavy (non-hydrogen) atoms. The molecule has 4 nitrogen and oxygen atoms in total. The molecule has 2 aromatic rings. The van der Waals surface area contributed by atoms with Crippen LogP contribution in [0.4, 0.5) is 5.95 Å². The number of nitrogens with zero attached hydrogens (tertiary/aromatic N) is 3. The van der Waals surface area contributed by atoms with Crippen molar-refractivity contribution in [3.05, 3.63) is 22.9 Å². The van der Waals surface area contributed by atoms with E-state index in [4.69, 9.17) is 5.73 Å². The van der Waals surface area contributed by atoms with E-state index in [1.165, 1.54) is 0 Å². The third kappa shape index (κ3) is 0.970. The Kier molecular flexibility index (Phi) is 1.32. The summed E-state index contributed by atoms with van der Waals surface area (Å²) >= 11 is 3.32. The van der Waals surface area contributed by atoms with Gasteiger partial charge < -0.3 is 5.73 Å². The summed E-state index contributed by atoms with van der Waals surface area (Å²) < 4.78 is 2.56. The van der Waals surface area contributed by atoms with Crippen molar-refractivity contribution < 1.29 is 0 Å². The highest BCUT2D eigenvalue weighted by Gasteiger charge is 1.98. The second-order valence-corrected chi connectivity index (χ2v) is 2.92. The Bertz CT molecular complexity index is 394. The molecule has 5 heteroatoms. The van der Waals surface area contributed by atoms with Crippen molar-refractivity contribution in [3.8, 4) is 0 Å². The molecule has 0 amide bonds. The maximum absolute atomic E-state index is 5.39. The molecule has 0 saturated heterocycles. The summed E-state index contributed by atoms with van der Waals surface area (Å²) in [6.45, 7) is 0. The second kappa shape index (κ2) is 2.20. The van der Waals surface area contributed by atoms with Crippen molar-refractivity contribution in [1.29, 1.82) is 0 Å². The smallest absolute Gasteiger partial charge is 0.238 e. The monoisotopic (exact) mass is 212 g/mol. The van der Waals surface area contributed by atoms with Gasteiger partial charge in [0.15, 0.2) is 0 Å². The molecule has 0 aliphatic rings. The molecule has 2 N–H and O–H groups in total. The Morgan fingerprint density at radius 2 is 2.27 bits per heavy atom. The second-order valence-electron chi connectivity index (χ2n) is 2.11. The van der Waals surface area contributed by atoms with Crippen LogP contribution in [0.5, 0.6) is 0 Å². The molecule has 0 aliphatic heterocycles. The molecule has 2 aromatic heterocycles. The van der Waals surface area contributed by atoms with Crippen molar-refractivity contribution in [1.82, 2.24) is 14.6 Å². The number of fused-ring (bicyclic) bond motifs is 1. The highest BCUT2D eigenvalue weighted by atomic mass is 79.9. The molecule has 0 fully saturated rings. The van der Waals surface area contributed by atoms with Gasteiger partial charge in [-0.05, 0) is 28.1 Å². The molecule has 0 unspecified atom stereocenters. The first-order valence-electron chi connectivity index (χ1n) is 3.03. The van der Waals surface area contributed by atoms with Gasteiger partial charge in [0.2, 0.25) is 5.95 Å². The number of nitrogens with two attached hydrogens (primary N) is 1. The first kappa shape index (κ1) is 6.60. The standard InChI is InChI=1S/C6H5BrN4/c7-5-2-1-4-3-9-6(8)10-11(4)5/h1-3H,(H2,8,10). The minimum Gasteiger partial charge on any atom is -0.367 e. The minimum absolute atomic E-state index is 0.273. The van der Waals surface area contributed by atoms with Gasteiger partial charge in [-0.2, -0.15) is 0 Å². The van der Waals surface area contributed by atoms with Gasteiger partial charge in [0.25, 0.3) is 0 Å². The molecule has 0 saturated carbocycles. The Hall–Kier alpha value is -1.10. The van der Waals surface area contributed by atoms with Crippen LogP contribution in [0.1, 0.15) is 0 Å². The summed E-state index contributed by atoms with van der Waals surface area (Å²) in [5, 5.41) is 3.97. The van der Waals surface area contributed by atoms with Crippen molar-refractivity contribution in [2.75, 3.05) is 5.73 Å². The van der Waals surface area contributed by atoms with Gasteiger partial charge in [-0.1, -0.05) is 0 Å². The van der Waals surface area contributed by atoms with Gasteiger partial charge in [-0.15, -0.1) is 5.10 Å². The van der Waals surface area contributed by atoms with E-state index >= 15 is 0 Å². The van der Waals surface area contributed by atoms with Crippen LogP contribution in [0.3, 0.4) is 0 Å². The summed E-state index contributed by atoms with van der Waals surface area (Å²) in [5.74, 6) is 0.273. The van der Waals surface area contributed by atoms with E-state index in [0.29, 0.717) is 0 Å². The van der Waals surface area contributed by atoms with Gasteiger partial charge in [0.1, 0.15) is 4.60 Å². The molecule has 56 valence electrons. The van der Waals surface area contributed by atoms with Gasteiger partial charge in [-0.3, -0.25) is 0 Å². The predicted molar refractivity (Wildman–Crippen MR) is 45.1 cm³/mol. The Labute approximate surface area is 71.2 Å². The van der Waals surface area contributed by atoms with Gasteiger partial charge in [-0.25, -0.2) is 9.50 Å².